The van der Waals surface area contributed by atoms with Crippen LogP contribution in [0.4, 0.5) is 17.1 Å². The summed E-state index contributed by atoms with van der Waals surface area (Å²) < 4.78 is 16.8. The van der Waals surface area contributed by atoms with Gasteiger partial charge in [0.25, 0.3) is 0 Å². The zero-order valence-electron chi connectivity index (χ0n) is 21.5. The van der Waals surface area contributed by atoms with Crippen LogP contribution in [0.2, 0.25) is 0 Å². The normalized spacial score (nSPS) is 16.3. The number of esters is 1. The van der Waals surface area contributed by atoms with Crippen LogP contribution in [0.25, 0.3) is 22.2 Å². The standard InChI is InChI=1S/C30H29N3O5/c1-3-36-20-13-11-19(12-14-20)31-23-16-24(33-15-7-8-18(17-33)30(35)37-4-2)27-26-25(23)28(34)21-9-5-6-10-22(21)29(26)38-32-27/h5-6,9-14,16,18,31H,3-4,7-8,15,17H2,1-2H3/t18-/m1/s1. The number of hydrogen-bond donors (Lipinski definition) is 1. The Morgan fingerprint density at radius 1 is 1.11 bits per heavy atom. The van der Waals surface area contributed by atoms with Crippen LogP contribution >= 0.6 is 0 Å². The average molecular weight is 512 g/mol. The number of aromatic nitrogens is 1. The van der Waals surface area contributed by atoms with Crippen molar-refractivity contribution < 1.29 is 23.6 Å². The predicted molar refractivity (Wildman–Crippen MR) is 145 cm³/mol. The van der Waals surface area contributed by atoms with E-state index in [9.17, 15) is 9.59 Å². The van der Waals surface area contributed by atoms with Crippen molar-refractivity contribution in [3.8, 4) is 17.1 Å². The monoisotopic (exact) mass is 511 g/mol. The minimum atomic E-state index is -0.220. The highest BCUT2D eigenvalue weighted by molar-refractivity contribution is 6.28. The van der Waals surface area contributed by atoms with E-state index in [2.05, 4.69) is 15.4 Å². The molecule has 194 valence electrons. The highest BCUT2D eigenvalue weighted by atomic mass is 16.5. The summed E-state index contributed by atoms with van der Waals surface area (Å²) in [6, 6.07) is 17.1. The van der Waals surface area contributed by atoms with Crippen LogP contribution in [0, 0.1) is 5.92 Å². The first-order chi connectivity index (χ1) is 18.6. The number of carbonyl (C=O) groups excluding carboxylic acids is 2. The van der Waals surface area contributed by atoms with Gasteiger partial charge in [-0.2, -0.15) is 0 Å². The van der Waals surface area contributed by atoms with Crippen LogP contribution in [-0.2, 0) is 9.53 Å². The molecular weight excluding hydrogens is 482 g/mol. The Labute approximate surface area is 220 Å². The number of benzene rings is 3. The molecule has 3 aromatic carbocycles. The molecule has 8 nitrogen and oxygen atoms in total. The fourth-order valence-corrected chi connectivity index (χ4v) is 5.49. The molecule has 0 radical (unpaired) electrons. The van der Waals surface area contributed by atoms with Crippen LogP contribution in [0.15, 0.2) is 59.1 Å². The summed E-state index contributed by atoms with van der Waals surface area (Å²) in [6.45, 7) is 6.00. The summed E-state index contributed by atoms with van der Waals surface area (Å²) in [6.07, 6.45) is 1.63. The van der Waals surface area contributed by atoms with Crippen molar-refractivity contribution in [3.05, 3.63) is 65.7 Å². The largest absolute Gasteiger partial charge is 0.494 e. The first-order valence-corrected chi connectivity index (χ1v) is 13.1. The summed E-state index contributed by atoms with van der Waals surface area (Å²) in [7, 11) is 0. The number of piperidine rings is 1. The fourth-order valence-electron chi connectivity index (χ4n) is 5.49. The summed E-state index contributed by atoms with van der Waals surface area (Å²) in [5.74, 6) is 0.886. The number of rotatable bonds is 7. The van der Waals surface area contributed by atoms with Crippen LogP contribution in [0.1, 0.15) is 42.6 Å². The van der Waals surface area contributed by atoms with E-state index in [4.69, 9.17) is 14.0 Å². The van der Waals surface area contributed by atoms with Gasteiger partial charge in [0.05, 0.1) is 41.5 Å². The van der Waals surface area contributed by atoms with Gasteiger partial charge in [-0.15, -0.1) is 0 Å². The van der Waals surface area contributed by atoms with Gasteiger partial charge in [-0.25, -0.2) is 0 Å². The lowest BCUT2D eigenvalue weighted by atomic mass is 9.86. The molecule has 1 atom stereocenters. The molecule has 6 rings (SSSR count). The molecule has 0 unspecified atom stereocenters. The molecular formula is C30H29N3O5. The van der Waals surface area contributed by atoms with Crippen LogP contribution < -0.4 is 15.0 Å². The third kappa shape index (κ3) is 4.06. The number of carbonyl (C=O) groups is 2. The second-order valence-corrected chi connectivity index (χ2v) is 9.55. The van der Waals surface area contributed by atoms with Gasteiger partial charge in [-0.05, 0) is 57.0 Å². The number of ether oxygens (including phenoxy) is 2. The van der Waals surface area contributed by atoms with Crippen LogP contribution in [0.5, 0.6) is 5.75 Å². The van der Waals surface area contributed by atoms with E-state index < -0.39 is 0 Å². The minimum Gasteiger partial charge on any atom is -0.494 e. The molecule has 1 N–H and O–H groups in total. The van der Waals surface area contributed by atoms with E-state index in [0.717, 1.165) is 42.1 Å². The lowest BCUT2D eigenvalue weighted by Gasteiger charge is -2.34. The molecule has 38 heavy (non-hydrogen) atoms. The SMILES string of the molecule is CCOC(=O)[C@@H]1CCCN(c2cc(Nc3ccc(OCC)cc3)c3c4c(onc24)-c2ccccc2C3=O)C1. The molecule has 4 aromatic rings. The maximum absolute atomic E-state index is 13.8. The lowest BCUT2D eigenvalue weighted by molar-refractivity contribution is -0.148. The topological polar surface area (TPSA) is 93.9 Å². The van der Waals surface area contributed by atoms with Gasteiger partial charge in [0.15, 0.2) is 11.5 Å². The highest BCUT2D eigenvalue weighted by Gasteiger charge is 2.35. The predicted octanol–water partition coefficient (Wildman–Crippen LogP) is 5.96. The Kier molecular flexibility index (Phi) is 6.23. The number of ketones is 1. The third-order valence-electron chi connectivity index (χ3n) is 7.20. The van der Waals surface area contributed by atoms with E-state index in [-0.39, 0.29) is 17.7 Å². The van der Waals surface area contributed by atoms with Crippen molar-refractivity contribution in [1.82, 2.24) is 5.16 Å². The second kappa shape index (κ2) is 9.85. The quantitative estimate of drug-likeness (QED) is 0.268. The zero-order chi connectivity index (χ0) is 26.2. The summed E-state index contributed by atoms with van der Waals surface area (Å²) in [4.78, 5) is 28.6. The van der Waals surface area contributed by atoms with Gasteiger partial charge in [0, 0.05) is 29.9 Å². The van der Waals surface area contributed by atoms with E-state index in [1.54, 1.807) is 0 Å². The van der Waals surface area contributed by atoms with Crippen molar-refractivity contribution in [2.45, 2.75) is 26.7 Å². The number of fused-ring (bicyclic) bond motifs is 2. The molecule has 2 aliphatic rings. The van der Waals surface area contributed by atoms with Crippen molar-refractivity contribution in [2.24, 2.45) is 5.92 Å². The molecule has 2 heterocycles. The number of nitrogens with zero attached hydrogens (tertiary/aromatic N) is 2. The van der Waals surface area contributed by atoms with E-state index in [1.165, 1.54) is 0 Å². The maximum Gasteiger partial charge on any atom is 0.310 e. The van der Waals surface area contributed by atoms with Crippen molar-refractivity contribution >= 4 is 39.7 Å². The van der Waals surface area contributed by atoms with Crippen LogP contribution in [0.3, 0.4) is 0 Å². The molecule has 0 bridgehead atoms. The molecule has 1 aliphatic carbocycles. The molecule has 0 spiro atoms. The molecule has 1 aromatic heterocycles. The molecule has 8 heteroatoms. The molecule has 1 aliphatic heterocycles. The number of nitrogens with one attached hydrogen (secondary N) is 1. The second-order valence-electron chi connectivity index (χ2n) is 9.55. The number of hydrogen-bond acceptors (Lipinski definition) is 8. The third-order valence-corrected chi connectivity index (χ3v) is 7.20. The summed E-state index contributed by atoms with van der Waals surface area (Å²) in [5, 5.41) is 8.62. The first kappa shape index (κ1) is 24.0. The Hall–Kier alpha value is -4.33. The lowest BCUT2D eigenvalue weighted by Crippen LogP contribution is -2.39. The van der Waals surface area contributed by atoms with Gasteiger partial charge < -0.3 is 24.2 Å². The molecule has 0 amide bonds. The smallest absolute Gasteiger partial charge is 0.310 e. The van der Waals surface area contributed by atoms with Gasteiger partial charge in [-0.1, -0.05) is 29.4 Å². The van der Waals surface area contributed by atoms with Gasteiger partial charge in [0.2, 0.25) is 0 Å². The Balaban J connectivity index is 1.48. The van der Waals surface area contributed by atoms with E-state index in [1.807, 2.05) is 68.4 Å². The van der Waals surface area contributed by atoms with Crippen molar-refractivity contribution in [3.63, 3.8) is 0 Å². The number of anilines is 3. The van der Waals surface area contributed by atoms with Gasteiger partial charge in [-0.3, -0.25) is 9.59 Å². The molecule has 1 fully saturated rings. The Bertz CT molecular complexity index is 1530. The molecule has 0 saturated carbocycles. The highest BCUT2D eigenvalue weighted by Crippen LogP contribution is 2.46. The first-order valence-electron chi connectivity index (χ1n) is 13.1. The maximum atomic E-state index is 13.8. The minimum absolute atomic E-state index is 0.0793. The van der Waals surface area contributed by atoms with Gasteiger partial charge in [0.1, 0.15) is 11.3 Å². The zero-order valence-corrected chi connectivity index (χ0v) is 21.5. The van der Waals surface area contributed by atoms with Crippen molar-refractivity contribution in [1.29, 1.82) is 0 Å². The van der Waals surface area contributed by atoms with Crippen molar-refractivity contribution in [2.75, 3.05) is 36.5 Å². The summed E-state index contributed by atoms with van der Waals surface area (Å²) >= 11 is 0. The van der Waals surface area contributed by atoms with E-state index in [0.29, 0.717) is 53.2 Å². The Morgan fingerprint density at radius 2 is 1.89 bits per heavy atom. The molecule has 1 saturated heterocycles. The fraction of sp³-hybridized carbons (Fsp3) is 0.300. The van der Waals surface area contributed by atoms with Crippen LogP contribution in [-0.4, -0.2) is 43.2 Å². The van der Waals surface area contributed by atoms with Gasteiger partial charge >= 0.3 is 5.97 Å². The Morgan fingerprint density at radius 3 is 2.66 bits per heavy atom. The summed E-state index contributed by atoms with van der Waals surface area (Å²) in [5.41, 5.74) is 4.79. The average Bonchev–Trinajstić information content (AvgIpc) is 3.39. The van der Waals surface area contributed by atoms with E-state index >= 15 is 0 Å².